The first-order valence-corrected chi connectivity index (χ1v) is 5.73. The Morgan fingerprint density at radius 2 is 2.12 bits per heavy atom. The molecule has 3 nitrogen and oxygen atoms in total. The van der Waals surface area contributed by atoms with Crippen molar-refractivity contribution in [2.24, 2.45) is 0 Å². The number of aliphatic hydroxyl groups is 1. The van der Waals surface area contributed by atoms with Crippen LogP contribution in [0.15, 0.2) is 18.2 Å². The summed E-state index contributed by atoms with van der Waals surface area (Å²) < 4.78 is 5.21. The minimum absolute atomic E-state index is 0.259. The van der Waals surface area contributed by atoms with Gasteiger partial charge in [-0.3, -0.25) is 0 Å². The summed E-state index contributed by atoms with van der Waals surface area (Å²) in [6, 6.07) is 6.27. The maximum atomic E-state index is 8.62. The fourth-order valence-corrected chi connectivity index (χ4v) is 1.66. The molecule has 16 heavy (non-hydrogen) atoms. The van der Waals surface area contributed by atoms with Gasteiger partial charge in [-0.25, -0.2) is 0 Å². The zero-order chi connectivity index (χ0) is 11.8. The summed E-state index contributed by atoms with van der Waals surface area (Å²) in [7, 11) is 1.69. The SMILES string of the molecule is COc1ccc(CCNCCCO)cc1C. The largest absolute Gasteiger partial charge is 0.496 e. The predicted molar refractivity (Wildman–Crippen MR) is 66.0 cm³/mol. The summed E-state index contributed by atoms with van der Waals surface area (Å²) in [6.07, 6.45) is 1.83. The maximum Gasteiger partial charge on any atom is 0.121 e. The molecule has 2 N–H and O–H groups in total. The molecule has 0 aromatic heterocycles. The van der Waals surface area contributed by atoms with Crippen molar-refractivity contribution in [1.82, 2.24) is 5.32 Å². The van der Waals surface area contributed by atoms with Gasteiger partial charge in [-0.1, -0.05) is 12.1 Å². The maximum absolute atomic E-state index is 8.62. The summed E-state index contributed by atoms with van der Waals surface area (Å²) in [6.45, 7) is 4.15. The van der Waals surface area contributed by atoms with E-state index in [0.29, 0.717) is 0 Å². The molecule has 0 aliphatic rings. The average Bonchev–Trinajstić information content (AvgIpc) is 2.29. The molecule has 1 rings (SSSR count). The first-order valence-electron chi connectivity index (χ1n) is 5.73. The van der Waals surface area contributed by atoms with E-state index in [1.54, 1.807) is 7.11 Å². The van der Waals surface area contributed by atoms with E-state index in [4.69, 9.17) is 9.84 Å². The molecule has 90 valence electrons. The number of nitrogens with one attached hydrogen (secondary N) is 1. The zero-order valence-electron chi connectivity index (χ0n) is 10.1. The van der Waals surface area contributed by atoms with Gasteiger partial charge in [0, 0.05) is 6.61 Å². The topological polar surface area (TPSA) is 41.5 Å². The number of hydrogen-bond acceptors (Lipinski definition) is 3. The third-order valence-corrected chi connectivity index (χ3v) is 2.56. The number of ether oxygens (including phenoxy) is 1. The molecule has 1 aromatic rings. The Morgan fingerprint density at radius 3 is 2.75 bits per heavy atom. The van der Waals surface area contributed by atoms with Gasteiger partial charge < -0.3 is 15.2 Å². The zero-order valence-corrected chi connectivity index (χ0v) is 10.1. The fraction of sp³-hybridized carbons (Fsp3) is 0.538. The van der Waals surface area contributed by atoms with E-state index in [9.17, 15) is 0 Å². The highest BCUT2D eigenvalue weighted by Crippen LogP contribution is 2.18. The number of benzene rings is 1. The van der Waals surface area contributed by atoms with E-state index in [2.05, 4.69) is 24.4 Å². The van der Waals surface area contributed by atoms with Crippen molar-refractivity contribution in [3.05, 3.63) is 29.3 Å². The van der Waals surface area contributed by atoms with Crippen LogP contribution in [0.4, 0.5) is 0 Å². The van der Waals surface area contributed by atoms with E-state index >= 15 is 0 Å². The van der Waals surface area contributed by atoms with Gasteiger partial charge in [-0.2, -0.15) is 0 Å². The number of rotatable bonds is 7. The second-order valence-corrected chi connectivity index (χ2v) is 3.88. The van der Waals surface area contributed by atoms with E-state index < -0.39 is 0 Å². The van der Waals surface area contributed by atoms with Crippen molar-refractivity contribution < 1.29 is 9.84 Å². The summed E-state index contributed by atoms with van der Waals surface area (Å²) in [5.41, 5.74) is 2.49. The van der Waals surface area contributed by atoms with E-state index in [1.165, 1.54) is 11.1 Å². The lowest BCUT2D eigenvalue weighted by atomic mass is 10.1. The van der Waals surface area contributed by atoms with Crippen LogP contribution in [-0.4, -0.2) is 31.9 Å². The molecule has 0 atom stereocenters. The van der Waals surface area contributed by atoms with Gasteiger partial charge in [0.05, 0.1) is 7.11 Å². The summed E-state index contributed by atoms with van der Waals surface area (Å²) in [5, 5.41) is 11.9. The van der Waals surface area contributed by atoms with Gasteiger partial charge in [0.15, 0.2) is 0 Å². The molecule has 0 amide bonds. The van der Waals surface area contributed by atoms with Crippen LogP contribution in [0.25, 0.3) is 0 Å². The van der Waals surface area contributed by atoms with Gasteiger partial charge in [0.25, 0.3) is 0 Å². The molecule has 3 heteroatoms. The monoisotopic (exact) mass is 223 g/mol. The Morgan fingerprint density at radius 1 is 1.31 bits per heavy atom. The second kappa shape index (κ2) is 7.25. The summed E-state index contributed by atoms with van der Waals surface area (Å²) in [4.78, 5) is 0. The third-order valence-electron chi connectivity index (χ3n) is 2.56. The lowest BCUT2D eigenvalue weighted by Crippen LogP contribution is -2.19. The smallest absolute Gasteiger partial charge is 0.121 e. The highest BCUT2D eigenvalue weighted by Gasteiger charge is 1.99. The van der Waals surface area contributed by atoms with Crippen molar-refractivity contribution in [1.29, 1.82) is 0 Å². The van der Waals surface area contributed by atoms with E-state index in [1.807, 2.05) is 6.07 Å². The van der Waals surface area contributed by atoms with Crippen LogP contribution in [-0.2, 0) is 6.42 Å². The molecule has 0 fully saturated rings. The molecule has 1 aromatic carbocycles. The van der Waals surface area contributed by atoms with Gasteiger partial charge in [0.2, 0.25) is 0 Å². The van der Waals surface area contributed by atoms with Gasteiger partial charge in [0.1, 0.15) is 5.75 Å². The Bertz CT molecular complexity index is 313. The van der Waals surface area contributed by atoms with Crippen molar-refractivity contribution in [3.63, 3.8) is 0 Å². The molecule has 0 spiro atoms. The van der Waals surface area contributed by atoms with Crippen LogP contribution in [0.2, 0.25) is 0 Å². The minimum Gasteiger partial charge on any atom is -0.496 e. The van der Waals surface area contributed by atoms with Crippen LogP contribution in [0.1, 0.15) is 17.5 Å². The van der Waals surface area contributed by atoms with Gasteiger partial charge in [-0.05, 0) is 50.0 Å². The Balaban J connectivity index is 2.34. The van der Waals surface area contributed by atoms with Crippen LogP contribution in [0.5, 0.6) is 5.75 Å². The van der Waals surface area contributed by atoms with Crippen LogP contribution >= 0.6 is 0 Å². The molecule has 0 aliphatic carbocycles. The fourth-order valence-electron chi connectivity index (χ4n) is 1.66. The van der Waals surface area contributed by atoms with Crippen molar-refractivity contribution in [3.8, 4) is 5.75 Å². The lowest BCUT2D eigenvalue weighted by molar-refractivity contribution is 0.286. The average molecular weight is 223 g/mol. The van der Waals surface area contributed by atoms with Crippen molar-refractivity contribution in [2.45, 2.75) is 19.8 Å². The molecule has 0 saturated heterocycles. The van der Waals surface area contributed by atoms with Crippen molar-refractivity contribution >= 4 is 0 Å². The molecule has 0 saturated carbocycles. The standard InChI is InChI=1S/C13H21NO2/c1-11-10-12(4-5-13(11)16-2)6-8-14-7-3-9-15/h4-5,10,14-15H,3,6-9H2,1-2H3. The molecule has 0 heterocycles. The van der Waals surface area contributed by atoms with E-state index in [-0.39, 0.29) is 6.61 Å². The molecular weight excluding hydrogens is 202 g/mol. The van der Waals surface area contributed by atoms with Gasteiger partial charge in [-0.15, -0.1) is 0 Å². The number of methoxy groups -OCH3 is 1. The molecule has 0 bridgehead atoms. The molecule has 0 unspecified atom stereocenters. The number of aryl methyl sites for hydroxylation is 1. The highest BCUT2D eigenvalue weighted by atomic mass is 16.5. The Kier molecular flexibility index (Phi) is 5.90. The van der Waals surface area contributed by atoms with Crippen LogP contribution < -0.4 is 10.1 Å². The molecular formula is C13H21NO2. The number of aliphatic hydroxyl groups excluding tert-OH is 1. The molecule has 0 aliphatic heterocycles. The van der Waals surface area contributed by atoms with Crippen LogP contribution in [0.3, 0.4) is 0 Å². The first-order chi connectivity index (χ1) is 7.77. The van der Waals surface area contributed by atoms with Crippen LogP contribution in [0, 0.1) is 6.92 Å². The number of hydrogen-bond donors (Lipinski definition) is 2. The lowest BCUT2D eigenvalue weighted by Gasteiger charge is -2.08. The predicted octanol–water partition coefficient (Wildman–Crippen LogP) is 1.52. The Labute approximate surface area is 97.4 Å². The quantitative estimate of drug-likeness (QED) is 0.689. The van der Waals surface area contributed by atoms with Gasteiger partial charge >= 0.3 is 0 Å². The minimum atomic E-state index is 0.259. The molecule has 0 radical (unpaired) electrons. The summed E-state index contributed by atoms with van der Waals surface area (Å²) in [5.74, 6) is 0.942. The van der Waals surface area contributed by atoms with E-state index in [0.717, 1.165) is 31.7 Å². The normalized spacial score (nSPS) is 10.4. The second-order valence-electron chi connectivity index (χ2n) is 3.88. The van der Waals surface area contributed by atoms with Crippen molar-refractivity contribution in [2.75, 3.05) is 26.8 Å². The highest BCUT2D eigenvalue weighted by molar-refractivity contribution is 5.36. The summed E-state index contributed by atoms with van der Waals surface area (Å²) >= 11 is 0. The Hall–Kier alpha value is -1.06. The third kappa shape index (κ3) is 4.21. The first kappa shape index (κ1) is 13.0.